The van der Waals surface area contributed by atoms with E-state index >= 15 is 0 Å². The standard InChI is InChI=1S/C21H21FN2O3/c22-17-8-6-16(7-9-17)20-19(26-21(25)27-20)10-11-23-12-14-24(15-13-23)18-4-2-1-3-5-18/h1-9H,10-15H2. The molecule has 4 rings (SSSR count). The minimum absolute atomic E-state index is 0.331. The van der Waals surface area contributed by atoms with Crippen LogP contribution in [0.5, 0.6) is 0 Å². The predicted octanol–water partition coefficient (Wildman–Crippen LogP) is 3.40. The summed E-state index contributed by atoms with van der Waals surface area (Å²) in [7, 11) is 0. The molecule has 5 nitrogen and oxygen atoms in total. The number of halogens is 1. The normalized spacial score (nSPS) is 15.2. The van der Waals surface area contributed by atoms with E-state index in [0.717, 1.165) is 32.7 Å². The van der Waals surface area contributed by atoms with Gasteiger partial charge in [0.25, 0.3) is 0 Å². The van der Waals surface area contributed by atoms with Gasteiger partial charge in [0.2, 0.25) is 0 Å². The Balaban J connectivity index is 1.37. The van der Waals surface area contributed by atoms with Crippen molar-refractivity contribution in [2.45, 2.75) is 6.42 Å². The average molecular weight is 368 g/mol. The van der Waals surface area contributed by atoms with Crippen molar-refractivity contribution in [2.24, 2.45) is 0 Å². The molecule has 1 saturated heterocycles. The molecule has 2 aromatic carbocycles. The lowest BCUT2D eigenvalue weighted by Crippen LogP contribution is -2.47. The molecule has 3 aromatic rings. The summed E-state index contributed by atoms with van der Waals surface area (Å²) in [5.74, 6) is -0.152. The van der Waals surface area contributed by atoms with Crippen LogP contribution in [0.4, 0.5) is 10.1 Å². The van der Waals surface area contributed by atoms with E-state index in [0.29, 0.717) is 23.5 Å². The van der Waals surface area contributed by atoms with Gasteiger partial charge in [0.15, 0.2) is 11.5 Å². The predicted molar refractivity (Wildman–Crippen MR) is 101 cm³/mol. The van der Waals surface area contributed by atoms with Crippen molar-refractivity contribution < 1.29 is 13.2 Å². The Morgan fingerprint density at radius 3 is 2.30 bits per heavy atom. The van der Waals surface area contributed by atoms with E-state index < -0.39 is 5.82 Å². The summed E-state index contributed by atoms with van der Waals surface area (Å²) in [6.07, 6.45) is 0.573. The molecule has 0 atom stereocenters. The van der Waals surface area contributed by atoms with E-state index in [4.69, 9.17) is 8.83 Å². The van der Waals surface area contributed by atoms with Crippen LogP contribution in [0.2, 0.25) is 0 Å². The summed E-state index contributed by atoms with van der Waals surface area (Å²) in [5, 5.41) is 0. The van der Waals surface area contributed by atoms with E-state index in [1.807, 2.05) is 6.07 Å². The molecule has 1 aliphatic heterocycles. The number of hydrogen-bond donors (Lipinski definition) is 0. The molecule has 1 fully saturated rings. The van der Waals surface area contributed by atoms with Crippen molar-refractivity contribution in [1.29, 1.82) is 0 Å². The Morgan fingerprint density at radius 2 is 1.59 bits per heavy atom. The molecule has 0 amide bonds. The number of para-hydroxylation sites is 1. The van der Waals surface area contributed by atoms with Crippen LogP contribution >= 0.6 is 0 Å². The van der Waals surface area contributed by atoms with Crippen LogP contribution in [0.1, 0.15) is 5.76 Å². The van der Waals surface area contributed by atoms with Crippen molar-refractivity contribution in [3.05, 3.63) is 76.8 Å². The van der Waals surface area contributed by atoms with Crippen LogP contribution in [0.3, 0.4) is 0 Å². The summed E-state index contributed by atoms with van der Waals surface area (Å²) < 4.78 is 23.5. The maximum atomic E-state index is 13.1. The number of rotatable bonds is 5. The van der Waals surface area contributed by atoms with Crippen LogP contribution in [0.15, 0.2) is 68.2 Å². The summed E-state index contributed by atoms with van der Waals surface area (Å²) >= 11 is 0. The van der Waals surface area contributed by atoms with Crippen LogP contribution in [-0.2, 0) is 6.42 Å². The summed E-state index contributed by atoms with van der Waals surface area (Å²) in [6.45, 7) is 4.60. The summed E-state index contributed by atoms with van der Waals surface area (Å²) in [6, 6.07) is 16.3. The van der Waals surface area contributed by atoms with Crippen LogP contribution in [0, 0.1) is 5.82 Å². The van der Waals surface area contributed by atoms with Gasteiger partial charge in [0, 0.05) is 50.4 Å². The molecule has 0 saturated carbocycles. The number of hydrogen-bond acceptors (Lipinski definition) is 5. The van der Waals surface area contributed by atoms with Gasteiger partial charge in [-0.1, -0.05) is 18.2 Å². The number of benzene rings is 2. The van der Waals surface area contributed by atoms with E-state index in [9.17, 15) is 9.18 Å². The molecule has 0 unspecified atom stereocenters. The zero-order valence-electron chi connectivity index (χ0n) is 14.9. The van der Waals surface area contributed by atoms with Gasteiger partial charge in [-0.2, -0.15) is 0 Å². The van der Waals surface area contributed by atoms with Gasteiger partial charge in [-0.05, 0) is 36.4 Å². The van der Waals surface area contributed by atoms with Gasteiger partial charge in [-0.15, -0.1) is 0 Å². The van der Waals surface area contributed by atoms with Crippen molar-refractivity contribution in [2.75, 3.05) is 37.6 Å². The van der Waals surface area contributed by atoms with Gasteiger partial charge in [0.1, 0.15) is 5.82 Å². The highest BCUT2D eigenvalue weighted by atomic mass is 19.1. The second-order valence-corrected chi connectivity index (χ2v) is 6.63. The minimum atomic E-state index is -0.724. The van der Waals surface area contributed by atoms with Crippen molar-refractivity contribution in [1.82, 2.24) is 4.90 Å². The molecule has 1 aromatic heterocycles. The van der Waals surface area contributed by atoms with Crippen molar-refractivity contribution in [3.63, 3.8) is 0 Å². The highest BCUT2D eigenvalue weighted by Gasteiger charge is 2.20. The molecule has 0 bridgehead atoms. The highest BCUT2D eigenvalue weighted by molar-refractivity contribution is 5.58. The maximum absolute atomic E-state index is 13.1. The van der Waals surface area contributed by atoms with Gasteiger partial charge in [0.05, 0.1) is 0 Å². The fraction of sp³-hybridized carbons (Fsp3) is 0.286. The van der Waals surface area contributed by atoms with E-state index in [2.05, 4.69) is 34.1 Å². The first-order valence-electron chi connectivity index (χ1n) is 9.10. The number of nitrogens with zero attached hydrogens (tertiary/aromatic N) is 2. The maximum Gasteiger partial charge on any atom is 0.519 e. The Hall–Kier alpha value is -2.86. The Kier molecular flexibility index (Phi) is 5.07. The largest absolute Gasteiger partial charge is 0.519 e. The first-order valence-corrected chi connectivity index (χ1v) is 9.10. The molecule has 27 heavy (non-hydrogen) atoms. The molecule has 0 N–H and O–H groups in total. The third kappa shape index (κ3) is 4.11. The second kappa shape index (κ2) is 7.80. The number of anilines is 1. The van der Waals surface area contributed by atoms with Gasteiger partial charge < -0.3 is 13.7 Å². The SMILES string of the molecule is O=c1oc(CCN2CCN(c3ccccc3)CC2)c(-c2ccc(F)cc2)o1. The lowest BCUT2D eigenvalue weighted by molar-refractivity contribution is 0.254. The smallest absolute Gasteiger partial charge is 0.395 e. The van der Waals surface area contributed by atoms with Crippen LogP contribution in [0.25, 0.3) is 11.3 Å². The quantitative estimate of drug-likeness (QED) is 0.691. The zero-order valence-corrected chi connectivity index (χ0v) is 14.9. The highest BCUT2D eigenvalue weighted by Crippen LogP contribution is 2.24. The minimum Gasteiger partial charge on any atom is -0.395 e. The lowest BCUT2D eigenvalue weighted by atomic mass is 10.1. The second-order valence-electron chi connectivity index (χ2n) is 6.63. The molecule has 1 aliphatic rings. The summed E-state index contributed by atoms with van der Waals surface area (Å²) in [4.78, 5) is 16.3. The molecule has 0 spiro atoms. The molecule has 0 radical (unpaired) electrons. The van der Waals surface area contributed by atoms with E-state index in [1.165, 1.54) is 17.8 Å². The average Bonchev–Trinajstić information content (AvgIpc) is 3.08. The van der Waals surface area contributed by atoms with Gasteiger partial charge in [-0.3, -0.25) is 4.90 Å². The van der Waals surface area contributed by atoms with E-state index in [-0.39, 0.29) is 5.82 Å². The van der Waals surface area contributed by atoms with Crippen molar-refractivity contribution in [3.8, 4) is 11.3 Å². The topological polar surface area (TPSA) is 49.8 Å². The molecular weight excluding hydrogens is 347 g/mol. The molecule has 0 aliphatic carbocycles. The molecular formula is C21H21FN2O3. The Morgan fingerprint density at radius 1 is 0.889 bits per heavy atom. The number of piperazine rings is 1. The fourth-order valence-corrected chi connectivity index (χ4v) is 3.42. The third-order valence-electron chi connectivity index (χ3n) is 4.90. The molecule has 2 heterocycles. The third-order valence-corrected chi connectivity index (χ3v) is 4.90. The first kappa shape index (κ1) is 17.5. The summed E-state index contributed by atoms with van der Waals surface area (Å²) in [5.41, 5.74) is 1.89. The van der Waals surface area contributed by atoms with Crippen molar-refractivity contribution >= 4 is 5.69 Å². The first-order chi connectivity index (χ1) is 13.2. The monoisotopic (exact) mass is 368 g/mol. The zero-order chi connectivity index (χ0) is 18.6. The fourth-order valence-electron chi connectivity index (χ4n) is 3.42. The van der Waals surface area contributed by atoms with Gasteiger partial charge >= 0.3 is 5.82 Å². The molecule has 6 heteroatoms. The molecule has 140 valence electrons. The van der Waals surface area contributed by atoms with Gasteiger partial charge in [-0.25, -0.2) is 9.18 Å². The van der Waals surface area contributed by atoms with E-state index in [1.54, 1.807) is 12.1 Å². The lowest BCUT2D eigenvalue weighted by Gasteiger charge is -2.36. The van der Waals surface area contributed by atoms with Crippen LogP contribution < -0.4 is 10.7 Å². The van der Waals surface area contributed by atoms with Crippen LogP contribution in [-0.4, -0.2) is 37.6 Å². The Bertz CT molecular complexity index is 926. The Labute approximate surface area is 156 Å².